The highest BCUT2D eigenvalue weighted by molar-refractivity contribution is 9.10. The van der Waals surface area contributed by atoms with Crippen LogP contribution < -0.4 is 5.32 Å². The van der Waals surface area contributed by atoms with Crippen molar-refractivity contribution >= 4 is 21.9 Å². The van der Waals surface area contributed by atoms with E-state index < -0.39 is 5.60 Å². The van der Waals surface area contributed by atoms with Gasteiger partial charge in [-0.15, -0.1) is 0 Å². The summed E-state index contributed by atoms with van der Waals surface area (Å²) >= 11 is 3.51. The Balaban J connectivity index is 1.92. The third-order valence-corrected chi connectivity index (χ3v) is 4.95. The first-order valence-electron chi connectivity index (χ1n) is 6.71. The van der Waals surface area contributed by atoms with Crippen LogP contribution in [0.5, 0.6) is 0 Å². The Bertz CT molecular complexity index is 525. The zero-order valence-electron chi connectivity index (χ0n) is 11.3. The number of nitrogens with zero attached hydrogens (tertiary/aromatic N) is 1. The molecule has 5 nitrogen and oxygen atoms in total. The number of carbonyl (C=O) groups is 1. The number of hydrogen-bond acceptors (Lipinski definition) is 5. The minimum atomic E-state index is -0.447. The van der Waals surface area contributed by atoms with E-state index in [0.717, 1.165) is 29.6 Å². The van der Waals surface area contributed by atoms with Gasteiger partial charge in [-0.2, -0.15) is 0 Å². The average Bonchev–Trinajstić information content (AvgIpc) is 3.06. The number of halogens is 1. The number of carbonyl (C=O) groups excluding carboxylic acids is 1. The fourth-order valence-corrected chi connectivity index (χ4v) is 3.98. The van der Waals surface area contributed by atoms with Crippen molar-refractivity contribution in [3.63, 3.8) is 0 Å². The van der Waals surface area contributed by atoms with Gasteiger partial charge < -0.3 is 14.8 Å². The third kappa shape index (κ3) is 2.25. The van der Waals surface area contributed by atoms with Gasteiger partial charge in [0.15, 0.2) is 0 Å². The lowest BCUT2D eigenvalue weighted by molar-refractivity contribution is -0.158. The molecule has 1 saturated carbocycles. The van der Waals surface area contributed by atoms with Crippen molar-refractivity contribution < 1.29 is 14.3 Å². The van der Waals surface area contributed by atoms with E-state index in [-0.39, 0.29) is 12.6 Å². The summed E-state index contributed by atoms with van der Waals surface area (Å²) in [7, 11) is 1.38. The van der Waals surface area contributed by atoms with Crippen molar-refractivity contribution in [2.24, 2.45) is 5.92 Å². The molecule has 3 rings (SSSR count). The van der Waals surface area contributed by atoms with E-state index in [2.05, 4.69) is 26.2 Å². The van der Waals surface area contributed by atoms with Crippen LogP contribution in [0.3, 0.4) is 0 Å². The van der Waals surface area contributed by atoms with Crippen molar-refractivity contribution in [1.82, 2.24) is 10.3 Å². The van der Waals surface area contributed by atoms with Gasteiger partial charge in [-0.25, -0.2) is 9.78 Å². The summed E-state index contributed by atoms with van der Waals surface area (Å²) in [6, 6.07) is 4.38. The van der Waals surface area contributed by atoms with Crippen LogP contribution in [0.4, 0.5) is 0 Å². The highest BCUT2D eigenvalue weighted by atomic mass is 79.9. The summed E-state index contributed by atoms with van der Waals surface area (Å²) in [6.07, 6.45) is 3.68. The Labute approximate surface area is 126 Å². The lowest BCUT2D eigenvalue weighted by atomic mass is 9.83. The highest BCUT2D eigenvalue weighted by Crippen LogP contribution is 2.51. The van der Waals surface area contributed by atoms with Crippen molar-refractivity contribution in [2.75, 3.05) is 20.3 Å². The predicted molar refractivity (Wildman–Crippen MR) is 76.1 cm³/mol. The van der Waals surface area contributed by atoms with E-state index in [1.54, 1.807) is 6.20 Å². The Morgan fingerprint density at radius 1 is 1.65 bits per heavy atom. The van der Waals surface area contributed by atoms with Crippen molar-refractivity contribution in [1.29, 1.82) is 0 Å². The molecule has 2 heterocycles. The Morgan fingerprint density at radius 2 is 2.50 bits per heavy atom. The van der Waals surface area contributed by atoms with Gasteiger partial charge >= 0.3 is 5.97 Å². The molecule has 2 fully saturated rings. The van der Waals surface area contributed by atoms with Gasteiger partial charge in [0.05, 0.1) is 7.11 Å². The molecule has 0 amide bonds. The van der Waals surface area contributed by atoms with Crippen LogP contribution in [0, 0.1) is 5.92 Å². The van der Waals surface area contributed by atoms with Crippen LogP contribution >= 0.6 is 15.9 Å². The minimum Gasteiger partial charge on any atom is -0.467 e. The maximum absolute atomic E-state index is 11.4. The van der Waals surface area contributed by atoms with Gasteiger partial charge in [-0.05, 0) is 34.8 Å². The number of aromatic nitrogens is 1. The fraction of sp³-hybridized carbons (Fsp3) is 0.571. The van der Waals surface area contributed by atoms with E-state index >= 15 is 0 Å². The smallest absolute Gasteiger partial charge is 0.331 e. The van der Waals surface area contributed by atoms with E-state index in [0.29, 0.717) is 12.0 Å². The Kier molecular flexibility index (Phi) is 3.79. The van der Waals surface area contributed by atoms with Crippen LogP contribution in [0.25, 0.3) is 0 Å². The number of ether oxygens (including phenoxy) is 2. The molecule has 1 N–H and O–H groups in total. The minimum absolute atomic E-state index is 0.0267. The monoisotopic (exact) mass is 340 g/mol. The Morgan fingerprint density at radius 3 is 3.10 bits per heavy atom. The molecule has 108 valence electrons. The zero-order chi connectivity index (χ0) is 14.2. The quantitative estimate of drug-likeness (QED) is 0.666. The number of nitrogens with one attached hydrogen (secondary N) is 1. The largest absolute Gasteiger partial charge is 0.467 e. The van der Waals surface area contributed by atoms with Crippen LogP contribution in [-0.2, 0) is 19.9 Å². The summed E-state index contributed by atoms with van der Waals surface area (Å²) in [5, 5.41) is 3.47. The van der Waals surface area contributed by atoms with Crippen molar-refractivity contribution in [2.45, 2.75) is 24.5 Å². The lowest BCUT2D eigenvalue weighted by Gasteiger charge is -2.38. The molecular formula is C14H17BrN2O3. The SMILES string of the molecule is COC(=O)COC1(c2cccnc2Br)CC2CC1CN2. The van der Waals surface area contributed by atoms with E-state index in [4.69, 9.17) is 9.47 Å². The predicted octanol–water partition coefficient (Wildman–Crippen LogP) is 1.61. The first kappa shape index (κ1) is 14.0. The number of methoxy groups -OCH3 is 1. The second-order valence-corrected chi connectivity index (χ2v) is 6.09. The van der Waals surface area contributed by atoms with Crippen LogP contribution in [0.1, 0.15) is 18.4 Å². The number of fused-ring (bicyclic) bond motifs is 2. The first-order valence-corrected chi connectivity index (χ1v) is 7.50. The Hall–Kier alpha value is -0.980. The van der Waals surface area contributed by atoms with E-state index in [1.165, 1.54) is 7.11 Å². The maximum Gasteiger partial charge on any atom is 0.331 e. The standard InChI is InChI=1S/C14H17BrN2O3/c1-19-12(18)8-20-14(6-10-5-9(14)7-17-10)11-3-2-4-16-13(11)15/h2-4,9-10,17H,5-8H2,1H3. The number of esters is 1. The van der Waals surface area contributed by atoms with Crippen LogP contribution in [-0.4, -0.2) is 37.3 Å². The van der Waals surface area contributed by atoms with E-state index in [9.17, 15) is 4.79 Å². The third-order valence-electron chi connectivity index (χ3n) is 4.32. The molecule has 0 aromatic carbocycles. The number of hydrogen-bond donors (Lipinski definition) is 1. The maximum atomic E-state index is 11.4. The van der Waals surface area contributed by atoms with Crippen molar-refractivity contribution in [3.05, 3.63) is 28.5 Å². The molecule has 1 aromatic heterocycles. The normalized spacial score (nSPS) is 31.5. The molecule has 20 heavy (non-hydrogen) atoms. The van der Waals surface area contributed by atoms with E-state index in [1.807, 2.05) is 12.1 Å². The summed E-state index contributed by atoms with van der Waals surface area (Å²) in [5.41, 5.74) is 0.579. The second kappa shape index (κ2) is 5.42. The van der Waals surface area contributed by atoms with Crippen LogP contribution in [0.15, 0.2) is 22.9 Å². The topological polar surface area (TPSA) is 60.5 Å². The molecule has 3 atom stereocenters. The average molecular weight is 341 g/mol. The highest BCUT2D eigenvalue weighted by Gasteiger charge is 2.54. The fourth-order valence-electron chi connectivity index (χ4n) is 3.40. The molecule has 2 aliphatic rings. The summed E-state index contributed by atoms with van der Waals surface area (Å²) in [6.45, 7) is 0.883. The second-order valence-electron chi connectivity index (χ2n) is 5.34. The summed E-state index contributed by atoms with van der Waals surface area (Å²) in [4.78, 5) is 15.7. The summed E-state index contributed by atoms with van der Waals surface area (Å²) in [5.74, 6) is 0.0118. The van der Waals surface area contributed by atoms with Gasteiger partial charge in [-0.1, -0.05) is 6.07 Å². The van der Waals surface area contributed by atoms with Gasteiger partial charge in [0.1, 0.15) is 16.8 Å². The number of pyridine rings is 1. The molecule has 0 spiro atoms. The molecule has 6 heteroatoms. The van der Waals surface area contributed by atoms with Gasteiger partial charge in [0.2, 0.25) is 0 Å². The van der Waals surface area contributed by atoms with Crippen molar-refractivity contribution in [3.8, 4) is 0 Å². The van der Waals surface area contributed by atoms with Gasteiger partial charge in [0, 0.05) is 30.3 Å². The molecule has 1 aromatic rings. The summed E-state index contributed by atoms with van der Waals surface area (Å²) < 4.78 is 11.5. The molecule has 1 aliphatic carbocycles. The first-order chi connectivity index (χ1) is 9.65. The van der Waals surface area contributed by atoms with Gasteiger partial charge in [-0.3, -0.25) is 0 Å². The number of piperidine rings is 1. The molecular weight excluding hydrogens is 324 g/mol. The lowest BCUT2D eigenvalue weighted by Crippen LogP contribution is -2.44. The molecule has 0 radical (unpaired) electrons. The zero-order valence-corrected chi connectivity index (χ0v) is 12.9. The molecule has 1 aliphatic heterocycles. The molecule has 1 saturated heterocycles. The molecule has 2 bridgehead atoms. The molecule has 3 unspecified atom stereocenters. The van der Waals surface area contributed by atoms with Gasteiger partial charge in [0.25, 0.3) is 0 Å². The number of rotatable bonds is 4. The van der Waals surface area contributed by atoms with Crippen LogP contribution in [0.2, 0.25) is 0 Å².